The SMILES string of the molecule is Cc1cc(N2CCO[C@H](C)C2)nc(-c2ccncc2)n1. The van der Waals surface area contributed by atoms with Gasteiger partial charge < -0.3 is 9.64 Å². The molecule has 1 saturated heterocycles. The number of aromatic nitrogens is 3. The lowest BCUT2D eigenvalue weighted by Crippen LogP contribution is -2.41. The van der Waals surface area contributed by atoms with E-state index in [0.717, 1.165) is 42.6 Å². The van der Waals surface area contributed by atoms with Crippen molar-refractivity contribution < 1.29 is 4.74 Å². The van der Waals surface area contributed by atoms with Gasteiger partial charge in [0.25, 0.3) is 0 Å². The fourth-order valence-electron chi connectivity index (χ4n) is 2.37. The van der Waals surface area contributed by atoms with E-state index in [4.69, 9.17) is 9.72 Å². The van der Waals surface area contributed by atoms with Gasteiger partial charge in [0.1, 0.15) is 5.82 Å². The van der Waals surface area contributed by atoms with Crippen LogP contribution in [-0.2, 0) is 4.74 Å². The lowest BCUT2D eigenvalue weighted by atomic mass is 10.2. The maximum absolute atomic E-state index is 5.58. The van der Waals surface area contributed by atoms with E-state index in [1.54, 1.807) is 12.4 Å². The predicted molar refractivity (Wildman–Crippen MR) is 77.6 cm³/mol. The van der Waals surface area contributed by atoms with E-state index >= 15 is 0 Å². The largest absolute Gasteiger partial charge is 0.375 e. The molecule has 0 unspecified atom stereocenters. The van der Waals surface area contributed by atoms with Crippen LogP contribution < -0.4 is 4.90 Å². The standard InChI is InChI=1S/C15H18N4O/c1-11-9-14(19-7-8-20-12(2)10-19)18-15(17-11)13-3-5-16-6-4-13/h3-6,9,12H,7-8,10H2,1-2H3/t12-/m1/s1. The minimum Gasteiger partial charge on any atom is -0.375 e. The third kappa shape index (κ3) is 2.77. The first-order chi connectivity index (χ1) is 9.72. The van der Waals surface area contributed by atoms with E-state index in [1.165, 1.54) is 0 Å². The van der Waals surface area contributed by atoms with Crippen LogP contribution in [0.5, 0.6) is 0 Å². The molecule has 20 heavy (non-hydrogen) atoms. The lowest BCUT2D eigenvalue weighted by Gasteiger charge is -2.32. The molecule has 1 aliphatic heterocycles. The Hall–Kier alpha value is -2.01. The highest BCUT2D eigenvalue weighted by Crippen LogP contribution is 2.21. The zero-order chi connectivity index (χ0) is 13.9. The monoisotopic (exact) mass is 270 g/mol. The fourth-order valence-corrected chi connectivity index (χ4v) is 2.37. The highest BCUT2D eigenvalue weighted by Gasteiger charge is 2.19. The van der Waals surface area contributed by atoms with Gasteiger partial charge in [-0.3, -0.25) is 4.98 Å². The lowest BCUT2D eigenvalue weighted by molar-refractivity contribution is 0.0529. The van der Waals surface area contributed by atoms with Gasteiger partial charge in [-0.25, -0.2) is 9.97 Å². The maximum Gasteiger partial charge on any atom is 0.161 e. The summed E-state index contributed by atoms with van der Waals surface area (Å²) in [7, 11) is 0. The summed E-state index contributed by atoms with van der Waals surface area (Å²) >= 11 is 0. The van der Waals surface area contributed by atoms with Gasteiger partial charge in [0, 0.05) is 42.8 Å². The van der Waals surface area contributed by atoms with Crippen molar-refractivity contribution in [3.8, 4) is 11.4 Å². The molecule has 2 aromatic heterocycles. The quantitative estimate of drug-likeness (QED) is 0.836. The summed E-state index contributed by atoms with van der Waals surface area (Å²) in [5.74, 6) is 1.72. The number of hydrogen-bond donors (Lipinski definition) is 0. The first kappa shape index (κ1) is 13.0. The Morgan fingerprint density at radius 2 is 2.05 bits per heavy atom. The fraction of sp³-hybridized carbons (Fsp3) is 0.400. The summed E-state index contributed by atoms with van der Waals surface area (Å²) < 4.78 is 5.58. The molecule has 0 aromatic carbocycles. The highest BCUT2D eigenvalue weighted by atomic mass is 16.5. The molecule has 1 atom stereocenters. The Morgan fingerprint density at radius 1 is 1.25 bits per heavy atom. The van der Waals surface area contributed by atoms with Gasteiger partial charge in [-0.1, -0.05) is 0 Å². The van der Waals surface area contributed by atoms with Crippen molar-refractivity contribution in [3.63, 3.8) is 0 Å². The van der Waals surface area contributed by atoms with Crippen molar-refractivity contribution in [3.05, 3.63) is 36.3 Å². The number of morpholine rings is 1. The summed E-state index contributed by atoms with van der Waals surface area (Å²) in [5, 5.41) is 0. The molecule has 104 valence electrons. The van der Waals surface area contributed by atoms with Gasteiger partial charge in [0.2, 0.25) is 0 Å². The Balaban J connectivity index is 1.94. The molecule has 2 aromatic rings. The minimum absolute atomic E-state index is 0.239. The summed E-state index contributed by atoms with van der Waals surface area (Å²) in [5.41, 5.74) is 1.97. The predicted octanol–water partition coefficient (Wildman–Crippen LogP) is 2.07. The molecular weight excluding hydrogens is 252 g/mol. The zero-order valence-electron chi connectivity index (χ0n) is 11.8. The molecule has 1 fully saturated rings. The van der Waals surface area contributed by atoms with Gasteiger partial charge in [-0.15, -0.1) is 0 Å². The normalized spacial score (nSPS) is 19.1. The molecule has 0 spiro atoms. The van der Waals surface area contributed by atoms with Crippen LogP contribution in [0.3, 0.4) is 0 Å². The first-order valence-corrected chi connectivity index (χ1v) is 6.85. The average Bonchev–Trinajstić information content (AvgIpc) is 2.47. The number of rotatable bonds is 2. The average molecular weight is 270 g/mol. The van der Waals surface area contributed by atoms with Crippen LogP contribution in [0.25, 0.3) is 11.4 Å². The van der Waals surface area contributed by atoms with E-state index in [9.17, 15) is 0 Å². The van der Waals surface area contributed by atoms with Gasteiger partial charge in [0.15, 0.2) is 5.82 Å². The number of aryl methyl sites for hydroxylation is 1. The summed E-state index contributed by atoms with van der Waals surface area (Å²) in [4.78, 5) is 15.5. The van der Waals surface area contributed by atoms with E-state index in [0.29, 0.717) is 0 Å². The molecule has 3 rings (SSSR count). The second kappa shape index (κ2) is 5.54. The number of ether oxygens (including phenoxy) is 1. The molecule has 3 heterocycles. The number of anilines is 1. The van der Waals surface area contributed by atoms with Gasteiger partial charge >= 0.3 is 0 Å². The molecule has 5 nitrogen and oxygen atoms in total. The van der Waals surface area contributed by atoms with Crippen molar-refractivity contribution in [2.45, 2.75) is 20.0 Å². The Kier molecular flexibility index (Phi) is 3.60. The molecule has 0 N–H and O–H groups in total. The summed E-state index contributed by atoms with van der Waals surface area (Å²) in [6.07, 6.45) is 3.76. The van der Waals surface area contributed by atoms with Gasteiger partial charge in [-0.2, -0.15) is 0 Å². The van der Waals surface area contributed by atoms with Crippen LogP contribution in [0.15, 0.2) is 30.6 Å². The molecule has 0 bridgehead atoms. The highest BCUT2D eigenvalue weighted by molar-refractivity contribution is 5.57. The topological polar surface area (TPSA) is 51.1 Å². The van der Waals surface area contributed by atoms with Crippen LogP contribution in [0.1, 0.15) is 12.6 Å². The smallest absolute Gasteiger partial charge is 0.161 e. The Morgan fingerprint density at radius 3 is 2.80 bits per heavy atom. The van der Waals surface area contributed by atoms with Crippen molar-refractivity contribution in [2.75, 3.05) is 24.6 Å². The molecule has 0 saturated carbocycles. The van der Waals surface area contributed by atoms with Crippen molar-refractivity contribution in [1.29, 1.82) is 0 Å². The Labute approximate surface area is 118 Å². The first-order valence-electron chi connectivity index (χ1n) is 6.85. The summed E-state index contributed by atoms with van der Waals surface area (Å²) in [6, 6.07) is 5.89. The maximum atomic E-state index is 5.58. The number of pyridine rings is 1. The minimum atomic E-state index is 0.239. The third-order valence-corrected chi connectivity index (χ3v) is 3.34. The van der Waals surface area contributed by atoms with Crippen LogP contribution in [0.2, 0.25) is 0 Å². The van der Waals surface area contributed by atoms with Gasteiger partial charge in [0.05, 0.1) is 12.7 Å². The second-order valence-electron chi connectivity index (χ2n) is 5.05. The molecule has 0 amide bonds. The zero-order valence-corrected chi connectivity index (χ0v) is 11.8. The Bertz CT molecular complexity index is 588. The van der Waals surface area contributed by atoms with E-state index in [1.807, 2.05) is 25.1 Å². The molecule has 0 aliphatic carbocycles. The molecule has 5 heteroatoms. The van der Waals surface area contributed by atoms with Crippen LogP contribution in [-0.4, -0.2) is 40.8 Å². The van der Waals surface area contributed by atoms with Crippen LogP contribution in [0, 0.1) is 6.92 Å². The molecule has 0 radical (unpaired) electrons. The summed E-state index contributed by atoms with van der Waals surface area (Å²) in [6.45, 7) is 6.57. The van der Waals surface area contributed by atoms with Crippen molar-refractivity contribution in [2.24, 2.45) is 0 Å². The number of hydrogen-bond acceptors (Lipinski definition) is 5. The van der Waals surface area contributed by atoms with Gasteiger partial charge in [-0.05, 0) is 26.0 Å². The van der Waals surface area contributed by atoms with Crippen LogP contribution in [0.4, 0.5) is 5.82 Å². The third-order valence-electron chi connectivity index (χ3n) is 3.34. The van der Waals surface area contributed by atoms with Crippen molar-refractivity contribution >= 4 is 5.82 Å². The number of nitrogens with zero attached hydrogens (tertiary/aromatic N) is 4. The van der Waals surface area contributed by atoms with E-state index in [2.05, 4.69) is 21.8 Å². The van der Waals surface area contributed by atoms with Crippen molar-refractivity contribution in [1.82, 2.24) is 15.0 Å². The molecular formula is C15H18N4O. The van der Waals surface area contributed by atoms with Crippen LogP contribution >= 0.6 is 0 Å². The van der Waals surface area contributed by atoms with E-state index < -0.39 is 0 Å². The molecule has 1 aliphatic rings. The second-order valence-corrected chi connectivity index (χ2v) is 5.05. The van der Waals surface area contributed by atoms with E-state index in [-0.39, 0.29) is 6.10 Å².